The van der Waals surface area contributed by atoms with Crippen LogP contribution in [-0.2, 0) is 15.4 Å². The van der Waals surface area contributed by atoms with E-state index in [1.165, 1.54) is 7.11 Å². The van der Waals surface area contributed by atoms with Crippen LogP contribution in [0, 0.1) is 13.8 Å². The summed E-state index contributed by atoms with van der Waals surface area (Å²) < 4.78 is 32.1. The highest BCUT2D eigenvalue weighted by molar-refractivity contribution is 7.92. The molecule has 0 spiro atoms. The van der Waals surface area contributed by atoms with E-state index in [0.29, 0.717) is 11.3 Å². The SMILES string of the molecule is COc1c(NC(=O)c2ccc(C)c(N3C=C(c4ccc(C)nc4)NN3)c2)cc(C(C)(C)C)cc1NS(C)(=O)=O. The molecular formula is C28H34N6O4S. The number of anilines is 3. The Bertz CT molecular complexity index is 1540. The van der Waals surface area contributed by atoms with Crippen LogP contribution >= 0.6 is 0 Å². The summed E-state index contributed by atoms with van der Waals surface area (Å²) in [5.74, 6) is -0.149. The highest BCUT2D eigenvalue weighted by atomic mass is 32.2. The Labute approximate surface area is 229 Å². The summed E-state index contributed by atoms with van der Waals surface area (Å²) in [7, 11) is -2.16. The molecule has 0 aliphatic carbocycles. The number of carbonyl (C=O) groups excluding carboxylic acids is 1. The lowest BCUT2D eigenvalue weighted by atomic mass is 9.86. The highest BCUT2D eigenvalue weighted by Gasteiger charge is 2.23. The number of benzene rings is 2. The second-order valence-electron chi connectivity index (χ2n) is 10.5. The summed E-state index contributed by atoms with van der Waals surface area (Å²) in [5.41, 5.74) is 12.2. The van der Waals surface area contributed by atoms with Crippen LogP contribution in [0.5, 0.6) is 5.75 Å². The van der Waals surface area contributed by atoms with E-state index in [0.717, 1.165) is 40.0 Å². The van der Waals surface area contributed by atoms with Crippen molar-refractivity contribution >= 4 is 38.7 Å². The van der Waals surface area contributed by atoms with E-state index >= 15 is 0 Å². The van der Waals surface area contributed by atoms with Crippen molar-refractivity contribution in [2.45, 2.75) is 40.0 Å². The van der Waals surface area contributed by atoms with Crippen molar-refractivity contribution in [3.8, 4) is 5.75 Å². The van der Waals surface area contributed by atoms with Gasteiger partial charge in [-0.25, -0.2) is 8.42 Å². The first kappa shape index (κ1) is 27.9. The summed E-state index contributed by atoms with van der Waals surface area (Å²) >= 11 is 0. The van der Waals surface area contributed by atoms with Crippen molar-refractivity contribution in [2.24, 2.45) is 0 Å². The fraction of sp³-hybridized carbons (Fsp3) is 0.286. The molecule has 4 rings (SSSR count). The summed E-state index contributed by atoms with van der Waals surface area (Å²) in [4.78, 5) is 17.8. The smallest absolute Gasteiger partial charge is 0.255 e. The molecule has 0 atom stereocenters. The third kappa shape index (κ3) is 6.50. The number of sulfonamides is 1. The van der Waals surface area contributed by atoms with E-state index in [4.69, 9.17) is 4.74 Å². The van der Waals surface area contributed by atoms with Gasteiger partial charge in [-0.05, 0) is 66.8 Å². The molecule has 11 heteroatoms. The molecule has 2 aromatic carbocycles. The number of hydrogen-bond acceptors (Lipinski definition) is 8. The summed E-state index contributed by atoms with van der Waals surface area (Å²) in [6, 6.07) is 12.8. The van der Waals surface area contributed by atoms with Crippen LogP contribution in [0.1, 0.15) is 53.5 Å². The molecule has 2 heterocycles. The van der Waals surface area contributed by atoms with Gasteiger partial charge in [-0.2, -0.15) is 0 Å². The lowest BCUT2D eigenvalue weighted by Crippen LogP contribution is -2.36. The maximum absolute atomic E-state index is 13.5. The van der Waals surface area contributed by atoms with Crippen LogP contribution in [0.15, 0.2) is 54.9 Å². The standard InChI is InChI=1S/C28H34N6O4S/c1-17-8-10-19(12-25(17)34-16-24(31-33-34)20-11-9-18(2)29-15-20)27(35)30-22-13-21(28(3,4)5)14-23(26(22)38-6)32-39(7,36)37/h8-16,31-33H,1-7H3,(H,30,35). The molecule has 1 aromatic heterocycles. The minimum absolute atomic E-state index is 0.221. The molecule has 39 heavy (non-hydrogen) atoms. The van der Waals surface area contributed by atoms with Crippen LogP contribution < -0.4 is 30.7 Å². The Balaban J connectivity index is 1.66. The molecular weight excluding hydrogens is 516 g/mol. The van der Waals surface area contributed by atoms with E-state index in [1.807, 2.05) is 59.0 Å². The number of ether oxygens (including phenoxy) is 1. The van der Waals surface area contributed by atoms with Gasteiger partial charge in [0.05, 0.1) is 36.1 Å². The van der Waals surface area contributed by atoms with Crippen molar-refractivity contribution < 1.29 is 17.9 Å². The molecule has 3 aromatic rings. The first-order valence-corrected chi connectivity index (χ1v) is 14.2. The van der Waals surface area contributed by atoms with Gasteiger partial charge in [-0.3, -0.25) is 19.5 Å². The number of nitrogens with one attached hydrogen (secondary N) is 4. The lowest BCUT2D eigenvalue weighted by molar-refractivity contribution is 0.102. The van der Waals surface area contributed by atoms with Crippen molar-refractivity contribution in [2.75, 3.05) is 28.4 Å². The van der Waals surface area contributed by atoms with Gasteiger partial charge in [0, 0.05) is 29.2 Å². The van der Waals surface area contributed by atoms with Gasteiger partial charge in [0.2, 0.25) is 10.0 Å². The zero-order valence-corrected chi connectivity index (χ0v) is 23.9. The van der Waals surface area contributed by atoms with Crippen LogP contribution in [0.2, 0.25) is 0 Å². The van der Waals surface area contributed by atoms with E-state index in [-0.39, 0.29) is 22.8 Å². The summed E-state index contributed by atoms with van der Waals surface area (Å²) in [6.07, 6.45) is 4.76. The number of pyridine rings is 1. The Morgan fingerprint density at radius 1 is 1.05 bits per heavy atom. The maximum Gasteiger partial charge on any atom is 0.255 e. The second kappa shape index (κ2) is 10.6. The average molecular weight is 551 g/mol. The summed E-state index contributed by atoms with van der Waals surface area (Å²) in [5, 5.41) is 4.72. The molecule has 0 fully saturated rings. The number of carbonyl (C=O) groups is 1. The molecule has 206 valence electrons. The van der Waals surface area contributed by atoms with Gasteiger partial charge in [0.25, 0.3) is 5.91 Å². The third-order valence-electron chi connectivity index (χ3n) is 6.23. The maximum atomic E-state index is 13.5. The topological polar surface area (TPSA) is 125 Å². The van der Waals surface area contributed by atoms with E-state index in [9.17, 15) is 13.2 Å². The van der Waals surface area contributed by atoms with Gasteiger partial charge < -0.3 is 15.5 Å². The van der Waals surface area contributed by atoms with Crippen LogP contribution in [0.3, 0.4) is 0 Å². The van der Waals surface area contributed by atoms with Crippen molar-refractivity contribution in [3.63, 3.8) is 0 Å². The Morgan fingerprint density at radius 3 is 2.38 bits per heavy atom. The fourth-order valence-corrected chi connectivity index (χ4v) is 4.62. The zero-order chi connectivity index (χ0) is 28.5. The molecule has 0 unspecified atom stereocenters. The van der Waals surface area contributed by atoms with Gasteiger partial charge in [-0.15, -0.1) is 5.53 Å². The third-order valence-corrected chi connectivity index (χ3v) is 6.82. The van der Waals surface area contributed by atoms with E-state index < -0.39 is 10.0 Å². The molecule has 0 saturated carbocycles. The minimum atomic E-state index is -3.59. The number of rotatable bonds is 7. The molecule has 0 bridgehead atoms. The van der Waals surface area contributed by atoms with Crippen LogP contribution in [0.25, 0.3) is 5.70 Å². The monoisotopic (exact) mass is 550 g/mol. The molecule has 4 N–H and O–H groups in total. The predicted molar refractivity (Wildman–Crippen MR) is 155 cm³/mol. The quantitative estimate of drug-likeness (QED) is 0.340. The number of aryl methyl sites for hydroxylation is 2. The highest BCUT2D eigenvalue weighted by Crippen LogP contribution is 2.39. The number of hydrazine groups is 2. The molecule has 1 aliphatic heterocycles. The number of amides is 1. The van der Waals surface area contributed by atoms with Gasteiger partial charge in [0.15, 0.2) is 5.75 Å². The van der Waals surface area contributed by atoms with Gasteiger partial charge >= 0.3 is 0 Å². The van der Waals surface area contributed by atoms with E-state index in [2.05, 4.69) is 26.0 Å². The zero-order valence-electron chi connectivity index (χ0n) is 23.1. The average Bonchev–Trinajstić information content (AvgIpc) is 3.33. The number of hydrogen-bond donors (Lipinski definition) is 4. The largest absolute Gasteiger partial charge is 0.492 e. The first-order chi connectivity index (χ1) is 18.2. The molecule has 0 saturated heterocycles. The number of nitrogens with zero attached hydrogens (tertiary/aromatic N) is 2. The van der Waals surface area contributed by atoms with Gasteiger partial charge in [-0.1, -0.05) is 26.8 Å². The molecule has 1 amide bonds. The minimum Gasteiger partial charge on any atom is -0.492 e. The number of aromatic nitrogens is 1. The Kier molecular flexibility index (Phi) is 7.58. The predicted octanol–water partition coefficient (Wildman–Crippen LogP) is 4.46. The fourth-order valence-electron chi connectivity index (χ4n) is 4.07. The Hall–Kier alpha value is -4.09. The molecule has 1 aliphatic rings. The Morgan fingerprint density at radius 2 is 1.77 bits per heavy atom. The summed E-state index contributed by atoms with van der Waals surface area (Å²) in [6.45, 7) is 9.90. The van der Waals surface area contributed by atoms with Crippen LogP contribution in [0.4, 0.5) is 17.1 Å². The molecule has 10 nitrogen and oxygen atoms in total. The van der Waals surface area contributed by atoms with E-state index in [1.54, 1.807) is 35.5 Å². The second-order valence-corrected chi connectivity index (χ2v) is 12.3. The number of methoxy groups -OCH3 is 1. The van der Waals surface area contributed by atoms with Crippen molar-refractivity contribution in [1.82, 2.24) is 15.9 Å². The lowest BCUT2D eigenvalue weighted by Gasteiger charge is -2.24. The first-order valence-electron chi connectivity index (χ1n) is 12.3. The van der Waals surface area contributed by atoms with Crippen molar-refractivity contribution in [3.05, 3.63) is 82.8 Å². The van der Waals surface area contributed by atoms with Crippen molar-refractivity contribution in [1.29, 1.82) is 0 Å². The van der Waals surface area contributed by atoms with Gasteiger partial charge in [0.1, 0.15) is 0 Å². The molecule has 0 radical (unpaired) electrons. The normalized spacial score (nSPS) is 13.5. The van der Waals surface area contributed by atoms with Crippen LogP contribution in [-0.4, -0.2) is 32.7 Å².